The quantitative estimate of drug-likeness (QED) is 0.788. The Hall–Kier alpha value is -0.830. The minimum absolute atomic E-state index is 0.403. The second kappa shape index (κ2) is 5.21. The molecule has 0 radical (unpaired) electrons. The predicted octanol–water partition coefficient (Wildman–Crippen LogP) is 3.42. The molecule has 0 amide bonds. The van der Waals surface area contributed by atoms with E-state index in [9.17, 15) is 0 Å². The lowest BCUT2D eigenvalue weighted by Gasteiger charge is -2.23. The highest BCUT2D eigenvalue weighted by Gasteiger charge is 2.25. The Morgan fingerprint density at radius 2 is 2.24 bits per heavy atom. The highest BCUT2D eigenvalue weighted by Crippen LogP contribution is 2.34. The van der Waals surface area contributed by atoms with Crippen LogP contribution in [0, 0.1) is 5.41 Å². The summed E-state index contributed by atoms with van der Waals surface area (Å²) in [6, 6.07) is 1.07. The lowest BCUT2D eigenvalue weighted by molar-refractivity contribution is 0.307. The van der Waals surface area contributed by atoms with Gasteiger partial charge in [0.25, 0.3) is 0 Å². The molecule has 2 unspecified atom stereocenters. The van der Waals surface area contributed by atoms with E-state index >= 15 is 0 Å². The van der Waals surface area contributed by atoms with Crippen LogP contribution in [0.4, 0.5) is 0 Å². The van der Waals surface area contributed by atoms with Gasteiger partial charge >= 0.3 is 0 Å². The second-order valence-electron chi connectivity index (χ2n) is 6.21. The lowest BCUT2D eigenvalue weighted by atomic mass is 9.85. The molecular weight excluding hydrogens is 210 g/mol. The van der Waals surface area contributed by atoms with E-state index in [-0.39, 0.29) is 0 Å². The summed E-state index contributed by atoms with van der Waals surface area (Å²) in [7, 11) is 0. The average molecular weight is 235 g/mol. The van der Waals surface area contributed by atoms with Crippen molar-refractivity contribution in [3.63, 3.8) is 0 Å². The van der Waals surface area contributed by atoms with E-state index < -0.39 is 0 Å². The molecular formula is C14H25N3. The monoisotopic (exact) mass is 235 g/mol. The Bertz CT molecular complexity index is 329. The first-order valence-electron chi connectivity index (χ1n) is 6.81. The molecule has 0 bridgehead atoms. The van der Waals surface area contributed by atoms with Crippen molar-refractivity contribution in [3.05, 3.63) is 18.0 Å². The van der Waals surface area contributed by atoms with E-state index in [1.54, 1.807) is 0 Å². The average Bonchev–Trinajstić information content (AvgIpc) is 2.73. The predicted molar refractivity (Wildman–Crippen MR) is 70.8 cm³/mol. The van der Waals surface area contributed by atoms with Crippen LogP contribution in [0.3, 0.4) is 0 Å². The molecule has 0 spiro atoms. The van der Waals surface area contributed by atoms with Gasteiger partial charge in [-0.15, -0.1) is 0 Å². The summed E-state index contributed by atoms with van der Waals surface area (Å²) in [6.07, 6.45) is 10.6. The molecule has 17 heavy (non-hydrogen) atoms. The highest BCUT2D eigenvalue weighted by atomic mass is 15.1. The minimum atomic E-state index is 0.403. The highest BCUT2D eigenvalue weighted by molar-refractivity contribution is 5.08. The number of nitrogens with one attached hydrogen (secondary N) is 2. The van der Waals surface area contributed by atoms with Crippen LogP contribution in [-0.4, -0.2) is 16.2 Å². The Labute approximate surface area is 104 Å². The molecule has 0 aromatic carbocycles. The van der Waals surface area contributed by atoms with Gasteiger partial charge in [0.1, 0.15) is 0 Å². The zero-order chi connectivity index (χ0) is 12.3. The van der Waals surface area contributed by atoms with Gasteiger partial charge in [0.05, 0.1) is 6.20 Å². The fourth-order valence-electron chi connectivity index (χ4n) is 2.78. The third-order valence-corrected chi connectivity index (χ3v) is 4.08. The number of aromatic nitrogens is 2. The number of hydrogen-bond acceptors (Lipinski definition) is 2. The van der Waals surface area contributed by atoms with E-state index in [2.05, 4.69) is 36.3 Å². The SMILES string of the molecule is CC(NC1CCCC(C)(C)CC1)c1cn[nH]c1. The first kappa shape index (κ1) is 12.6. The van der Waals surface area contributed by atoms with Crippen molar-refractivity contribution in [1.82, 2.24) is 15.5 Å². The molecule has 0 saturated heterocycles. The molecule has 3 heteroatoms. The van der Waals surface area contributed by atoms with Crippen molar-refractivity contribution in [2.24, 2.45) is 5.41 Å². The third kappa shape index (κ3) is 3.56. The van der Waals surface area contributed by atoms with Gasteiger partial charge in [-0.05, 0) is 38.0 Å². The number of hydrogen-bond donors (Lipinski definition) is 2. The van der Waals surface area contributed by atoms with Gasteiger partial charge in [-0.3, -0.25) is 5.10 Å². The summed E-state index contributed by atoms with van der Waals surface area (Å²) in [6.45, 7) is 7.02. The van der Waals surface area contributed by atoms with E-state index in [4.69, 9.17) is 0 Å². The minimum Gasteiger partial charge on any atom is -0.307 e. The van der Waals surface area contributed by atoms with Gasteiger partial charge in [0.2, 0.25) is 0 Å². The Morgan fingerprint density at radius 3 is 2.94 bits per heavy atom. The van der Waals surface area contributed by atoms with Gasteiger partial charge in [-0.1, -0.05) is 20.3 Å². The van der Waals surface area contributed by atoms with E-state index in [0.717, 1.165) is 0 Å². The number of nitrogens with zero attached hydrogens (tertiary/aromatic N) is 1. The molecule has 2 rings (SSSR count). The molecule has 96 valence electrons. The molecule has 1 aromatic rings. The molecule has 1 fully saturated rings. The van der Waals surface area contributed by atoms with Crippen molar-refractivity contribution in [1.29, 1.82) is 0 Å². The molecule has 2 N–H and O–H groups in total. The molecule has 2 atom stereocenters. The van der Waals surface area contributed by atoms with Crippen LogP contribution >= 0.6 is 0 Å². The Balaban J connectivity index is 1.87. The van der Waals surface area contributed by atoms with Gasteiger partial charge in [-0.25, -0.2) is 0 Å². The van der Waals surface area contributed by atoms with Crippen molar-refractivity contribution >= 4 is 0 Å². The summed E-state index contributed by atoms with van der Waals surface area (Å²) in [5, 5.41) is 10.6. The van der Waals surface area contributed by atoms with Crippen molar-refractivity contribution in [2.75, 3.05) is 0 Å². The normalized spacial score (nSPS) is 26.4. The van der Waals surface area contributed by atoms with Crippen LogP contribution in [-0.2, 0) is 0 Å². The summed E-state index contributed by atoms with van der Waals surface area (Å²) in [5.74, 6) is 0. The zero-order valence-electron chi connectivity index (χ0n) is 11.3. The van der Waals surface area contributed by atoms with Gasteiger partial charge in [-0.2, -0.15) is 5.10 Å². The van der Waals surface area contributed by atoms with E-state index in [1.807, 2.05) is 12.4 Å². The first-order chi connectivity index (χ1) is 8.07. The molecule has 0 aliphatic heterocycles. The molecule has 1 aromatic heterocycles. The van der Waals surface area contributed by atoms with E-state index in [0.29, 0.717) is 17.5 Å². The molecule has 1 aliphatic rings. The summed E-state index contributed by atoms with van der Waals surface area (Å²) < 4.78 is 0. The summed E-state index contributed by atoms with van der Waals surface area (Å²) >= 11 is 0. The molecule has 1 heterocycles. The van der Waals surface area contributed by atoms with Crippen LogP contribution in [0.25, 0.3) is 0 Å². The lowest BCUT2D eigenvalue weighted by Crippen LogP contribution is -2.31. The van der Waals surface area contributed by atoms with Crippen LogP contribution in [0.15, 0.2) is 12.4 Å². The zero-order valence-corrected chi connectivity index (χ0v) is 11.3. The summed E-state index contributed by atoms with van der Waals surface area (Å²) in [5.41, 5.74) is 1.79. The van der Waals surface area contributed by atoms with Gasteiger partial charge in [0, 0.05) is 23.8 Å². The van der Waals surface area contributed by atoms with Crippen LogP contribution in [0.5, 0.6) is 0 Å². The standard InChI is InChI=1S/C14H25N3/c1-11(12-9-15-16-10-12)17-13-5-4-7-14(2,3)8-6-13/h9-11,13,17H,4-8H2,1-3H3,(H,15,16). The smallest absolute Gasteiger partial charge is 0.0534 e. The van der Waals surface area contributed by atoms with Gasteiger partial charge < -0.3 is 5.32 Å². The topological polar surface area (TPSA) is 40.7 Å². The number of rotatable bonds is 3. The second-order valence-corrected chi connectivity index (χ2v) is 6.21. The maximum absolute atomic E-state index is 4.01. The van der Waals surface area contributed by atoms with Gasteiger partial charge in [0.15, 0.2) is 0 Å². The van der Waals surface area contributed by atoms with Crippen molar-refractivity contribution in [3.8, 4) is 0 Å². The largest absolute Gasteiger partial charge is 0.307 e. The summed E-state index contributed by atoms with van der Waals surface area (Å²) in [4.78, 5) is 0. The maximum Gasteiger partial charge on any atom is 0.0534 e. The van der Waals surface area contributed by atoms with Crippen LogP contribution < -0.4 is 5.32 Å². The molecule has 1 aliphatic carbocycles. The molecule has 3 nitrogen and oxygen atoms in total. The van der Waals surface area contributed by atoms with Crippen molar-refractivity contribution < 1.29 is 0 Å². The Kier molecular flexibility index (Phi) is 3.87. The fourth-order valence-corrected chi connectivity index (χ4v) is 2.78. The number of aromatic amines is 1. The van der Waals surface area contributed by atoms with E-state index in [1.165, 1.54) is 37.7 Å². The fraction of sp³-hybridized carbons (Fsp3) is 0.786. The van der Waals surface area contributed by atoms with Crippen LogP contribution in [0.1, 0.15) is 64.5 Å². The molecule has 1 saturated carbocycles. The maximum atomic E-state index is 4.01. The number of H-pyrrole nitrogens is 1. The third-order valence-electron chi connectivity index (χ3n) is 4.08. The Morgan fingerprint density at radius 1 is 1.41 bits per heavy atom. The van der Waals surface area contributed by atoms with Crippen LogP contribution in [0.2, 0.25) is 0 Å². The first-order valence-corrected chi connectivity index (χ1v) is 6.81. The van der Waals surface area contributed by atoms with Crippen molar-refractivity contribution in [2.45, 2.75) is 65.0 Å².